The van der Waals surface area contributed by atoms with Crippen LogP contribution in [0.5, 0.6) is 0 Å². The maximum atomic E-state index is 5.86. The van der Waals surface area contributed by atoms with Gasteiger partial charge in [-0.2, -0.15) is 5.10 Å². The Labute approximate surface area is 167 Å². The molecule has 0 atom stereocenters. The molecule has 0 bridgehead atoms. The van der Waals surface area contributed by atoms with Crippen molar-refractivity contribution >= 4 is 30.0 Å². The molecule has 4 aromatic rings. The molecular formula is C22H28N4OSi. The van der Waals surface area contributed by atoms with Gasteiger partial charge in [-0.05, 0) is 55.8 Å². The van der Waals surface area contributed by atoms with Gasteiger partial charge in [-0.3, -0.25) is 0 Å². The van der Waals surface area contributed by atoms with Crippen molar-refractivity contribution in [2.45, 2.75) is 46.3 Å². The van der Waals surface area contributed by atoms with Crippen molar-refractivity contribution in [1.29, 1.82) is 0 Å². The van der Waals surface area contributed by atoms with E-state index in [0.29, 0.717) is 6.73 Å². The number of ether oxygens (including phenoxy) is 1. The monoisotopic (exact) mass is 392 g/mol. The van der Waals surface area contributed by atoms with Gasteiger partial charge in [0.2, 0.25) is 0 Å². The van der Waals surface area contributed by atoms with E-state index in [0.717, 1.165) is 45.5 Å². The van der Waals surface area contributed by atoms with Gasteiger partial charge >= 0.3 is 0 Å². The molecule has 0 aliphatic carbocycles. The van der Waals surface area contributed by atoms with Gasteiger partial charge < -0.3 is 9.30 Å². The van der Waals surface area contributed by atoms with E-state index in [1.807, 2.05) is 17.7 Å². The Morgan fingerprint density at radius 1 is 1.04 bits per heavy atom. The second-order valence-corrected chi connectivity index (χ2v) is 14.4. The number of rotatable bonds is 6. The highest BCUT2D eigenvalue weighted by atomic mass is 28.3. The molecule has 3 aromatic heterocycles. The molecule has 0 aliphatic heterocycles. The summed E-state index contributed by atoms with van der Waals surface area (Å²) in [4.78, 5) is 4.72. The Bertz CT molecular complexity index is 1140. The molecule has 0 radical (unpaired) electrons. The lowest BCUT2D eigenvalue weighted by Gasteiger charge is -2.15. The van der Waals surface area contributed by atoms with E-state index < -0.39 is 8.07 Å². The first-order chi connectivity index (χ1) is 13.3. The molecule has 28 heavy (non-hydrogen) atoms. The number of hydrogen-bond donors (Lipinski definition) is 0. The maximum Gasteiger partial charge on any atom is 0.144 e. The Kier molecular flexibility index (Phi) is 4.85. The Hall–Kier alpha value is -2.44. The Morgan fingerprint density at radius 2 is 1.86 bits per heavy atom. The van der Waals surface area contributed by atoms with Crippen LogP contribution in [0.2, 0.25) is 25.7 Å². The van der Waals surface area contributed by atoms with Crippen LogP contribution in [0.4, 0.5) is 0 Å². The lowest BCUT2D eigenvalue weighted by atomic mass is 10.1. The number of fused-ring (bicyclic) bond motifs is 2. The van der Waals surface area contributed by atoms with E-state index in [4.69, 9.17) is 14.8 Å². The van der Waals surface area contributed by atoms with Crippen molar-refractivity contribution in [1.82, 2.24) is 19.3 Å². The fraction of sp³-hybridized carbons (Fsp3) is 0.364. The first kappa shape index (κ1) is 18.9. The number of aromatic nitrogens is 4. The predicted octanol–water partition coefficient (Wildman–Crippen LogP) is 5.30. The fourth-order valence-corrected chi connectivity index (χ4v) is 4.15. The van der Waals surface area contributed by atoms with Gasteiger partial charge in [0.05, 0.1) is 5.52 Å². The third kappa shape index (κ3) is 3.88. The van der Waals surface area contributed by atoms with Crippen molar-refractivity contribution < 1.29 is 4.74 Å². The highest BCUT2D eigenvalue weighted by Crippen LogP contribution is 2.25. The van der Waals surface area contributed by atoms with Gasteiger partial charge in [0.15, 0.2) is 0 Å². The van der Waals surface area contributed by atoms with Crippen LogP contribution in [0, 0.1) is 13.8 Å². The molecule has 0 spiro atoms. The summed E-state index contributed by atoms with van der Waals surface area (Å²) in [6, 6.07) is 11.8. The number of nitrogens with zero attached hydrogens (tertiary/aromatic N) is 4. The first-order valence-electron chi connectivity index (χ1n) is 9.81. The van der Waals surface area contributed by atoms with Crippen LogP contribution in [-0.2, 0) is 11.5 Å². The number of pyridine rings is 1. The molecule has 0 unspecified atom stereocenters. The molecule has 6 heteroatoms. The molecule has 0 N–H and O–H groups in total. The second-order valence-electron chi connectivity index (χ2n) is 8.77. The van der Waals surface area contributed by atoms with E-state index in [1.165, 1.54) is 6.04 Å². The standard InChI is InChI=1S/C22H28N4OSi/c1-16-12-20(26-9-8-18-7-6-17(2)23-22(18)26)13-19-14-25(24-21(16)19)15-27-10-11-28(3,4)5/h6-9,12-14H,10-11,15H2,1-5H3. The average Bonchev–Trinajstić information content (AvgIpc) is 3.21. The summed E-state index contributed by atoms with van der Waals surface area (Å²) in [5.41, 5.74) is 5.30. The lowest BCUT2D eigenvalue weighted by molar-refractivity contribution is 0.0791. The van der Waals surface area contributed by atoms with Gasteiger partial charge in [-0.1, -0.05) is 19.6 Å². The van der Waals surface area contributed by atoms with Crippen molar-refractivity contribution in [2.24, 2.45) is 0 Å². The molecule has 3 heterocycles. The van der Waals surface area contributed by atoms with Crippen molar-refractivity contribution in [3.63, 3.8) is 0 Å². The summed E-state index contributed by atoms with van der Waals surface area (Å²) < 4.78 is 9.91. The van der Waals surface area contributed by atoms with Crippen LogP contribution in [-0.4, -0.2) is 34.0 Å². The molecule has 0 saturated carbocycles. The third-order valence-electron chi connectivity index (χ3n) is 5.01. The van der Waals surface area contributed by atoms with Crippen LogP contribution in [0.15, 0.2) is 42.7 Å². The second kappa shape index (κ2) is 7.18. The fourth-order valence-electron chi connectivity index (χ4n) is 3.39. The molecule has 0 saturated heterocycles. The van der Waals surface area contributed by atoms with Gasteiger partial charge in [0.25, 0.3) is 0 Å². The molecule has 146 valence electrons. The summed E-state index contributed by atoms with van der Waals surface area (Å²) in [7, 11) is -1.06. The van der Waals surface area contributed by atoms with E-state index in [1.54, 1.807) is 0 Å². The molecular weight excluding hydrogens is 364 g/mol. The highest BCUT2D eigenvalue weighted by molar-refractivity contribution is 6.76. The van der Waals surface area contributed by atoms with Gasteiger partial charge in [0, 0.05) is 49.2 Å². The molecule has 0 amide bonds. The van der Waals surface area contributed by atoms with Crippen molar-refractivity contribution in [2.75, 3.05) is 6.61 Å². The highest BCUT2D eigenvalue weighted by Gasteiger charge is 2.13. The minimum atomic E-state index is -1.06. The zero-order chi connectivity index (χ0) is 19.9. The first-order valence-corrected chi connectivity index (χ1v) is 13.5. The lowest BCUT2D eigenvalue weighted by Crippen LogP contribution is -2.22. The predicted molar refractivity (Wildman–Crippen MR) is 118 cm³/mol. The summed E-state index contributed by atoms with van der Waals surface area (Å²) in [6.45, 7) is 12.5. The average molecular weight is 393 g/mol. The summed E-state index contributed by atoms with van der Waals surface area (Å²) in [6.07, 6.45) is 4.16. The molecule has 4 rings (SSSR count). The quantitative estimate of drug-likeness (QED) is 0.330. The van der Waals surface area contributed by atoms with Crippen molar-refractivity contribution in [3.05, 3.63) is 54.0 Å². The molecule has 0 aliphatic rings. The molecule has 5 nitrogen and oxygen atoms in total. The number of aryl methyl sites for hydroxylation is 2. The largest absolute Gasteiger partial charge is 0.360 e. The van der Waals surface area contributed by atoms with Crippen molar-refractivity contribution in [3.8, 4) is 5.69 Å². The van der Waals surface area contributed by atoms with Gasteiger partial charge in [0.1, 0.15) is 12.4 Å². The Balaban J connectivity index is 1.62. The van der Waals surface area contributed by atoms with Gasteiger partial charge in [-0.25, -0.2) is 9.67 Å². The smallest absolute Gasteiger partial charge is 0.144 e. The van der Waals surface area contributed by atoms with E-state index in [-0.39, 0.29) is 0 Å². The zero-order valence-corrected chi connectivity index (χ0v) is 18.4. The van der Waals surface area contributed by atoms with E-state index in [2.05, 4.69) is 67.8 Å². The summed E-state index contributed by atoms with van der Waals surface area (Å²) in [5, 5.41) is 6.99. The minimum absolute atomic E-state index is 0.501. The minimum Gasteiger partial charge on any atom is -0.360 e. The maximum absolute atomic E-state index is 5.86. The summed E-state index contributed by atoms with van der Waals surface area (Å²) in [5.74, 6) is 0. The topological polar surface area (TPSA) is 44.9 Å². The van der Waals surface area contributed by atoms with Crippen LogP contribution in [0.25, 0.3) is 27.6 Å². The summed E-state index contributed by atoms with van der Waals surface area (Å²) >= 11 is 0. The third-order valence-corrected chi connectivity index (χ3v) is 6.71. The van der Waals surface area contributed by atoms with Crippen LogP contribution in [0.3, 0.4) is 0 Å². The number of benzene rings is 1. The van der Waals surface area contributed by atoms with Crippen LogP contribution < -0.4 is 0 Å². The number of hydrogen-bond acceptors (Lipinski definition) is 3. The Morgan fingerprint density at radius 3 is 2.64 bits per heavy atom. The normalized spacial score (nSPS) is 12.3. The van der Waals surface area contributed by atoms with E-state index in [9.17, 15) is 0 Å². The van der Waals surface area contributed by atoms with E-state index >= 15 is 0 Å². The SMILES string of the molecule is Cc1ccc2ccn(-c3cc(C)c4nn(COCC[Si](C)(C)C)cc4c3)c2n1. The molecule has 0 fully saturated rings. The van der Waals surface area contributed by atoms with Crippen LogP contribution in [0.1, 0.15) is 11.3 Å². The van der Waals surface area contributed by atoms with Gasteiger partial charge in [-0.15, -0.1) is 0 Å². The van der Waals surface area contributed by atoms with Crippen LogP contribution >= 0.6 is 0 Å². The zero-order valence-electron chi connectivity index (χ0n) is 17.4. The molecule has 1 aromatic carbocycles.